The van der Waals surface area contributed by atoms with Gasteiger partial charge in [0.05, 0.1) is 10.6 Å². The van der Waals surface area contributed by atoms with Crippen LogP contribution in [-0.2, 0) is 22.4 Å². The van der Waals surface area contributed by atoms with Gasteiger partial charge in [-0.2, -0.15) is 0 Å². The fraction of sp³-hybridized carbons (Fsp3) is 0.0909. The number of hydrogen-bond acceptors (Lipinski definition) is 3. The molecule has 0 aromatic heterocycles. The van der Waals surface area contributed by atoms with Crippen LogP contribution in [0.2, 0.25) is 10.0 Å². The topological polar surface area (TPSA) is 38.7 Å². The highest BCUT2D eigenvalue weighted by atomic mass is 35.5. The summed E-state index contributed by atoms with van der Waals surface area (Å²) in [7, 11) is 0. The number of benzene rings is 3. The van der Waals surface area contributed by atoms with Crippen molar-refractivity contribution in [2.75, 3.05) is 0 Å². The molecule has 0 bridgehead atoms. The molecule has 1 aliphatic heterocycles. The predicted molar refractivity (Wildman–Crippen MR) is 108 cm³/mol. The summed E-state index contributed by atoms with van der Waals surface area (Å²) < 4.78 is 5.34. The van der Waals surface area contributed by atoms with Crippen LogP contribution in [0.3, 0.4) is 0 Å². The van der Waals surface area contributed by atoms with Crippen molar-refractivity contribution in [3.05, 3.63) is 86.5 Å². The molecule has 0 saturated carbocycles. The van der Waals surface area contributed by atoms with Gasteiger partial charge in [-0.25, -0.2) is 9.79 Å². The van der Waals surface area contributed by atoms with E-state index < -0.39 is 5.97 Å². The predicted octanol–water partition coefficient (Wildman–Crippen LogP) is 5.59. The molecule has 0 amide bonds. The molecule has 3 aromatic carbocycles. The van der Waals surface area contributed by atoms with Crippen LogP contribution < -0.4 is 0 Å². The van der Waals surface area contributed by atoms with Gasteiger partial charge in [0, 0.05) is 5.02 Å². The molecule has 27 heavy (non-hydrogen) atoms. The number of esters is 1. The van der Waals surface area contributed by atoms with Crippen molar-refractivity contribution in [3.8, 4) is 0 Å². The van der Waals surface area contributed by atoms with Gasteiger partial charge < -0.3 is 4.74 Å². The molecule has 0 spiro atoms. The molecular weight excluding hydrogens is 381 g/mol. The lowest BCUT2D eigenvalue weighted by Crippen LogP contribution is -2.06. The minimum atomic E-state index is -0.486. The Morgan fingerprint density at radius 2 is 1.93 bits per heavy atom. The summed E-state index contributed by atoms with van der Waals surface area (Å²) in [6.07, 6.45) is 3.77. The van der Waals surface area contributed by atoms with Crippen LogP contribution in [0.4, 0.5) is 0 Å². The number of carbonyl (C=O) groups is 1. The summed E-state index contributed by atoms with van der Waals surface area (Å²) >= 11 is 12.2. The minimum absolute atomic E-state index is 0.177. The van der Waals surface area contributed by atoms with E-state index in [1.54, 1.807) is 24.3 Å². The molecule has 0 N–H and O–H groups in total. The van der Waals surface area contributed by atoms with Crippen molar-refractivity contribution in [3.63, 3.8) is 0 Å². The molecule has 1 heterocycles. The van der Waals surface area contributed by atoms with Crippen LogP contribution in [-0.4, -0.2) is 11.9 Å². The lowest BCUT2D eigenvalue weighted by Gasteiger charge is -2.05. The lowest BCUT2D eigenvalue weighted by molar-refractivity contribution is -0.129. The van der Waals surface area contributed by atoms with Crippen LogP contribution in [0.1, 0.15) is 22.3 Å². The van der Waals surface area contributed by atoms with Crippen molar-refractivity contribution < 1.29 is 9.53 Å². The van der Waals surface area contributed by atoms with Gasteiger partial charge in [0.25, 0.3) is 0 Å². The first-order valence-corrected chi connectivity index (χ1v) is 9.37. The van der Waals surface area contributed by atoms with Gasteiger partial charge in [-0.05, 0) is 64.6 Å². The fourth-order valence-electron chi connectivity index (χ4n) is 3.76. The van der Waals surface area contributed by atoms with E-state index in [2.05, 4.69) is 29.3 Å². The standard InChI is InChI=1S/C22H13Cl2NO2/c23-15-7-9-18(24)17(11-15)21-25-19(22(26)27-21)10-14-5-4-12-2-1-3-13-6-8-16(14)20(12)13/h1-5,7,9-11H,6,8H2/b19-10-. The Kier molecular flexibility index (Phi) is 3.81. The van der Waals surface area contributed by atoms with Gasteiger partial charge >= 0.3 is 5.97 Å². The average molecular weight is 394 g/mol. The molecule has 0 saturated heterocycles. The first-order chi connectivity index (χ1) is 13.1. The maximum Gasteiger partial charge on any atom is 0.363 e. The van der Waals surface area contributed by atoms with E-state index in [0.717, 1.165) is 18.4 Å². The Balaban J connectivity index is 1.60. The number of nitrogens with zero attached hydrogens (tertiary/aromatic N) is 1. The van der Waals surface area contributed by atoms with E-state index in [4.69, 9.17) is 27.9 Å². The lowest BCUT2D eigenvalue weighted by atomic mass is 9.99. The van der Waals surface area contributed by atoms with Gasteiger partial charge in [0.15, 0.2) is 5.70 Å². The van der Waals surface area contributed by atoms with Gasteiger partial charge in [-0.15, -0.1) is 0 Å². The molecule has 5 rings (SSSR count). The zero-order valence-corrected chi connectivity index (χ0v) is 15.6. The van der Waals surface area contributed by atoms with E-state index in [9.17, 15) is 4.79 Å². The molecule has 5 heteroatoms. The molecule has 3 aromatic rings. The Hall–Kier alpha value is -2.62. The third-order valence-corrected chi connectivity index (χ3v) is 5.56. The summed E-state index contributed by atoms with van der Waals surface area (Å²) in [4.78, 5) is 16.7. The van der Waals surface area contributed by atoms with E-state index in [1.165, 1.54) is 21.9 Å². The Labute approximate surface area is 165 Å². The number of carbonyl (C=O) groups excluding carboxylic acids is 1. The third-order valence-electron chi connectivity index (χ3n) is 4.99. The second-order valence-electron chi connectivity index (χ2n) is 6.61. The Morgan fingerprint density at radius 1 is 1.04 bits per heavy atom. The molecule has 2 aliphatic rings. The number of halogens is 2. The summed E-state index contributed by atoms with van der Waals surface area (Å²) in [5, 5.41) is 3.45. The van der Waals surface area contributed by atoms with E-state index in [1.807, 2.05) is 6.07 Å². The monoisotopic (exact) mass is 393 g/mol. The van der Waals surface area contributed by atoms with Crippen LogP contribution in [0, 0.1) is 0 Å². The SMILES string of the molecule is O=C1OC(c2cc(Cl)ccc2Cl)=N/C1=C\c1ccc2cccc3c2c1CC3. The number of rotatable bonds is 2. The van der Waals surface area contributed by atoms with Crippen LogP contribution in [0.25, 0.3) is 16.8 Å². The largest absolute Gasteiger partial charge is 0.402 e. The number of ether oxygens (including phenoxy) is 1. The second-order valence-corrected chi connectivity index (χ2v) is 7.45. The van der Waals surface area contributed by atoms with Crippen LogP contribution in [0.5, 0.6) is 0 Å². The highest BCUT2D eigenvalue weighted by molar-refractivity contribution is 6.36. The number of aryl methyl sites for hydroxylation is 2. The van der Waals surface area contributed by atoms with Crippen molar-refractivity contribution >= 4 is 51.9 Å². The molecule has 132 valence electrons. The van der Waals surface area contributed by atoms with Crippen molar-refractivity contribution in [2.45, 2.75) is 12.8 Å². The first kappa shape index (κ1) is 16.5. The minimum Gasteiger partial charge on any atom is -0.402 e. The smallest absolute Gasteiger partial charge is 0.363 e. The normalized spacial score (nSPS) is 16.9. The zero-order valence-electron chi connectivity index (χ0n) is 14.1. The molecule has 0 unspecified atom stereocenters. The van der Waals surface area contributed by atoms with E-state index in [0.29, 0.717) is 15.6 Å². The average Bonchev–Trinajstić information content (AvgIpc) is 3.25. The molecule has 3 nitrogen and oxygen atoms in total. The number of aliphatic imine (C=N–C) groups is 1. The van der Waals surface area contributed by atoms with Crippen LogP contribution in [0.15, 0.2) is 59.2 Å². The van der Waals surface area contributed by atoms with Crippen molar-refractivity contribution in [1.29, 1.82) is 0 Å². The molecular formula is C22H13Cl2NO2. The van der Waals surface area contributed by atoms with Crippen molar-refractivity contribution in [2.24, 2.45) is 4.99 Å². The maximum atomic E-state index is 12.4. The third kappa shape index (κ3) is 2.75. The van der Waals surface area contributed by atoms with Gasteiger partial charge in [-0.3, -0.25) is 0 Å². The Bertz CT molecular complexity index is 1190. The quantitative estimate of drug-likeness (QED) is 0.420. The highest BCUT2D eigenvalue weighted by Gasteiger charge is 2.26. The molecule has 0 radical (unpaired) electrons. The maximum absolute atomic E-state index is 12.4. The number of cyclic esters (lactones) is 1. The van der Waals surface area contributed by atoms with Crippen molar-refractivity contribution in [1.82, 2.24) is 0 Å². The fourth-order valence-corrected chi connectivity index (χ4v) is 4.13. The Morgan fingerprint density at radius 3 is 2.81 bits per heavy atom. The van der Waals surface area contributed by atoms with Crippen LogP contribution >= 0.6 is 23.2 Å². The highest BCUT2D eigenvalue weighted by Crippen LogP contribution is 2.35. The molecule has 1 aliphatic carbocycles. The second kappa shape index (κ2) is 6.22. The first-order valence-electron chi connectivity index (χ1n) is 8.61. The summed E-state index contributed by atoms with van der Waals surface area (Å²) in [5.74, 6) is -0.309. The summed E-state index contributed by atoms with van der Waals surface area (Å²) in [6.45, 7) is 0. The summed E-state index contributed by atoms with van der Waals surface area (Å²) in [6, 6.07) is 15.5. The van der Waals surface area contributed by atoms with E-state index in [-0.39, 0.29) is 11.6 Å². The van der Waals surface area contributed by atoms with E-state index >= 15 is 0 Å². The van der Waals surface area contributed by atoms with Gasteiger partial charge in [-0.1, -0.05) is 53.5 Å². The van der Waals surface area contributed by atoms with Gasteiger partial charge in [0.1, 0.15) is 0 Å². The number of hydrogen-bond donors (Lipinski definition) is 0. The zero-order chi connectivity index (χ0) is 18.5. The van der Waals surface area contributed by atoms with Gasteiger partial charge in [0.2, 0.25) is 5.90 Å². The molecule has 0 fully saturated rings. The molecule has 0 atom stereocenters. The summed E-state index contributed by atoms with van der Waals surface area (Å²) in [5.41, 5.74) is 4.38.